The van der Waals surface area contributed by atoms with E-state index in [1.807, 2.05) is 6.92 Å². The van der Waals surface area contributed by atoms with Gasteiger partial charge in [0.1, 0.15) is 0 Å². The molecule has 0 aliphatic rings. The third-order valence-corrected chi connectivity index (χ3v) is 0.946. The van der Waals surface area contributed by atoms with Crippen molar-refractivity contribution >= 4 is 5.69 Å². The first-order chi connectivity index (χ1) is 3.80. The van der Waals surface area contributed by atoms with Crippen molar-refractivity contribution in [3.63, 3.8) is 0 Å². The molecule has 3 heteroatoms. The number of aromatic nitrogens is 2. The van der Waals surface area contributed by atoms with Crippen molar-refractivity contribution in [1.29, 1.82) is 0 Å². The average Bonchev–Trinajstić information content (AvgIpc) is 1.77. The molecule has 3 nitrogen and oxygen atoms in total. The molecule has 42 valence electrons. The van der Waals surface area contributed by atoms with Crippen LogP contribution in [-0.4, -0.2) is 10.2 Å². The van der Waals surface area contributed by atoms with Gasteiger partial charge in [0, 0.05) is 0 Å². The van der Waals surface area contributed by atoms with Crippen LogP contribution in [0.1, 0.15) is 5.69 Å². The highest BCUT2D eigenvalue weighted by Gasteiger charge is 1.87. The summed E-state index contributed by atoms with van der Waals surface area (Å²) in [4.78, 5) is 0. The topological polar surface area (TPSA) is 51.8 Å². The molecule has 0 bridgehead atoms. The molecule has 1 rings (SSSR count). The summed E-state index contributed by atoms with van der Waals surface area (Å²) in [5.41, 5.74) is 6.90. The summed E-state index contributed by atoms with van der Waals surface area (Å²) < 4.78 is 0. The highest BCUT2D eigenvalue weighted by Crippen LogP contribution is 2.00. The number of anilines is 1. The molecule has 0 spiro atoms. The largest absolute Gasteiger partial charge is 0.397 e. The summed E-state index contributed by atoms with van der Waals surface area (Å²) in [6.07, 6.45) is 1.57. The number of rotatable bonds is 0. The fourth-order valence-corrected chi connectivity index (χ4v) is 0.412. The summed E-state index contributed by atoms with van der Waals surface area (Å²) in [6, 6.07) is 1.72. The summed E-state index contributed by atoms with van der Waals surface area (Å²) in [5, 5.41) is 7.32. The second-order valence-corrected chi connectivity index (χ2v) is 1.57. The Morgan fingerprint density at radius 1 is 1.62 bits per heavy atom. The molecule has 8 heavy (non-hydrogen) atoms. The lowest BCUT2D eigenvalue weighted by atomic mass is 10.4. The van der Waals surface area contributed by atoms with E-state index in [0.29, 0.717) is 5.69 Å². The lowest BCUT2D eigenvalue weighted by molar-refractivity contribution is 0.985. The maximum Gasteiger partial charge on any atom is 0.0828 e. The lowest BCUT2D eigenvalue weighted by Crippen LogP contribution is -1.92. The van der Waals surface area contributed by atoms with E-state index in [1.165, 1.54) is 0 Å². The number of hydrogen-bond donors (Lipinski definition) is 1. The van der Waals surface area contributed by atoms with Crippen LogP contribution in [0.3, 0.4) is 0 Å². The van der Waals surface area contributed by atoms with Crippen LogP contribution >= 0.6 is 0 Å². The van der Waals surface area contributed by atoms with Crippen LogP contribution in [0.5, 0.6) is 0 Å². The van der Waals surface area contributed by atoms with E-state index in [4.69, 9.17) is 5.73 Å². The lowest BCUT2D eigenvalue weighted by Gasteiger charge is -1.91. The van der Waals surface area contributed by atoms with E-state index in [2.05, 4.69) is 10.2 Å². The van der Waals surface area contributed by atoms with Gasteiger partial charge < -0.3 is 5.73 Å². The highest BCUT2D eigenvalue weighted by atomic mass is 15.1. The van der Waals surface area contributed by atoms with Crippen LogP contribution in [0, 0.1) is 6.92 Å². The standard InChI is InChI=1S/C5H7N3/c1-4-5(6)2-3-7-8-4/h2-3H,1H3,(H2,6,7). The normalized spacial score (nSPS) is 9.12. The summed E-state index contributed by atoms with van der Waals surface area (Å²) in [7, 11) is 0. The fourth-order valence-electron chi connectivity index (χ4n) is 0.412. The number of hydrogen-bond acceptors (Lipinski definition) is 3. The Balaban J connectivity index is 3.13. The molecule has 0 atom stereocenters. The summed E-state index contributed by atoms with van der Waals surface area (Å²) in [6.45, 7) is 1.82. The Labute approximate surface area is 47.5 Å². The van der Waals surface area contributed by atoms with E-state index in [1.54, 1.807) is 12.3 Å². The third-order valence-electron chi connectivity index (χ3n) is 0.946. The van der Waals surface area contributed by atoms with E-state index in [9.17, 15) is 0 Å². The van der Waals surface area contributed by atoms with Gasteiger partial charge in [0.15, 0.2) is 0 Å². The van der Waals surface area contributed by atoms with Crippen LogP contribution in [-0.2, 0) is 0 Å². The van der Waals surface area contributed by atoms with Gasteiger partial charge in [0.05, 0.1) is 17.6 Å². The summed E-state index contributed by atoms with van der Waals surface area (Å²) >= 11 is 0. The van der Waals surface area contributed by atoms with Crippen molar-refractivity contribution in [2.45, 2.75) is 6.92 Å². The first-order valence-electron chi connectivity index (χ1n) is 2.34. The predicted molar refractivity (Wildman–Crippen MR) is 31.2 cm³/mol. The third kappa shape index (κ3) is 0.753. The maximum absolute atomic E-state index is 5.42. The van der Waals surface area contributed by atoms with Crippen LogP contribution in [0.15, 0.2) is 12.3 Å². The zero-order valence-electron chi connectivity index (χ0n) is 4.63. The molecule has 1 heterocycles. The van der Waals surface area contributed by atoms with Gasteiger partial charge in [-0.25, -0.2) is 0 Å². The van der Waals surface area contributed by atoms with Gasteiger partial charge in [-0.05, 0) is 13.0 Å². The number of nitrogens with two attached hydrogens (primary N) is 1. The molecule has 0 saturated carbocycles. The van der Waals surface area contributed by atoms with Crippen molar-refractivity contribution in [3.05, 3.63) is 18.0 Å². The fraction of sp³-hybridized carbons (Fsp3) is 0.200. The Kier molecular flexibility index (Phi) is 1.12. The second kappa shape index (κ2) is 1.78. The zero-order chi connectivity index (χ0) is 5.98. The van der Waals surface area contributed by atoms with Gasteiger partial charge >= 0.3 is 0 Å². The number of nitrogens with zero attached hydrogens (tertiary/aromatic N) is 2. The molecule has 1 aromatic heterocycles. The first-order valence-corrected chi connectivity index (χ1v) is 2.34. The maximum atomic E-state index is 5.42. The van der Waals surface area contributed by atoms with Gasteiger partial charge in [-0.3, -0.25) is 0 Å². The van der Waals surface area contributed by atoms with Crippen molar-refractivity contribution in [2.75, 3.05) is 5.73 Å². The molecular weight excluding hydrogens is 102 g/mol. The van der Waals surface area contributed by atoms with Crippen molar-refractivity contribution in [3.8, 4) is 0 Å². The monoisotopic (exact) mass is 109 g/mol. The Hall–Kier alpha value is -1.12. The molecule has 0 aliphatic carbocycles. The minimum Gasteiger partial charge on any atom is -0.397 e. The van der Waals surface area contributed by atoms with Crippen LogP contribution in [0.4, 0.5) is 5.69 Å². The highest BCUT2D eigenvalue weighted by molar-refractivity contribution is 5.39. The van der Waals surface area contributed by atoms with Crippen molar-refractivity contribution < 1.29 is 0 Å². The van der Waals surface area contributed by atoms with E-state index in [-0.39, 0.29) is 0 Å². The Morgan fingerprint density at radius 3 is 2.75 bits per heavy atom. The van der Waals surface area contributed by atoms with Gasteiger partial charge in [0.2, 0.25) is 0 Å². The Bertz CT molecular complexity index is 164. The molecule has 0 aliphatic heterocycles. The van der Waals surface area contributed by atoms with Crippen molar-refractivity contribution in [1.82, 2.24) is 10.2 Å². The molecule has 0 fully saturated rings. The van der Waals surface area contributed by atoms with E-state index in [0.717, 1.165) is 5.69 Å². The average molecular weight is 109 g/mol. The van der Waals surface area contributed by atoms with E-state index >= 15 is 0 Å². The Morgan fingerprint density at radius 2 is 2.38 bits per heavy atom. The van der Waals surface area contributed by atoms with Gasteiger partial charge in [-0.2, -0.15) is 10.2 Å². The van der Waals surface area contributed by atoms with Crippen LogP contribution in [0.25, 0.3) is 0 Å². The van der Waals surface area contributed by atoms with E-state index < -0.39 is 0 Å². The number of nitrogen functional groups attached to an aromatic ring is 1. The molecule has 0 saturated heterocycles. The molecule has 0 amide bonds. The molecular formula is C5H7N3. The zero-order valence-corrected chi connectivity index (χ0v) is 4.63. The van der Waals surface area contributed by atoms with Gasteiger partial charge in [-0.1, -0.05) is 0 Å². The summed E-state index contributed by atoms with van der Waals surface area (Å²) in [5.74, 6) is 0. The molecule has 0 aromatic carbocycles. The molecule has 2 N–H and O–H groups in total. The van der Waals surface area contributed by atoms with Crippen LogP contribution in [0.2, 0.25) is 0 Å². The SMILES string of the molecule is Cc1nnccc1N. The van der Waals surface area contributed by atoms with Crippen molar-refractivity contribution in [2.24, 2.45) is 0 Å². The van der Waals surface area contributed by atoms with Gasteiger partial charge in [-0.15, -0.1) is 0 Å². The quantitative estimate of drug-likeness (QED) is 0.523. The minimum atomic E-state index is 0.694. The van der Waals surface area contributed by atoms with Gasteiger partial charge in [0.25, 0.3) is 0 Å². The predicted octanol–water partition coefficient (Wildman–Crippen LogP) is 0.367. The number of aryl methyl sites for hydroxylation is 1. The first kappa shape index (κ1) is 5.03. The second-order valence-electron chi connectivity index (χ2n) is 1.57. The molecule has 0 unspecified atom stereocenters. The molecule has 0 radical (unpaired) electrons. The minimum absolute atomic E-state index is 0.694. The smallest absolute Gasteiger partial charge is 0.0828 e. The van der Waals surface area contributed by atoms with Crippen LogP contribution < -0.4 is 5.73 Å². The molecule has 1 aromatic rings.